The predicted octanol–water partition coefficient (Wildman–Crippen LogP) is 1.59. The van der Waals surface area contributed by atoms with Gasteiger partial charge in [0.2, 0.25) is 0 Å². The third kappa shape index (κ3) is 1.13. The van der Waals surface area contributed by atoms with Gasteiger partial charge in [0.15, 0.2) is 11.5 Å². The molecule has 3 rings (SSSR count). The molecule has 0 unspecified atom stereocenters. The lowest BCUT2D eigenvalue weighted by Crippen LogP contribution is -2.05. The van der Waals surface area contributed by atoms with Gasteiger partial charge in [0.25, 0.3) is 0 Å². The van der Waals surface area contributed by atoms with Crippen LogP contribution in [0.2, 0.25) is 0 Å². The predicted molar refractivity (Wildman–Crippen MR) is 54.2 cm³/mol. The summed E-state index contributed by atoms with van der Waals surface area (Å²) in [5.74, 6) is 0.676. The van der Waals surface area contributed by atoms with Crippen LogP contribution in [0.3, 0.4) is 0 Å². The Morgan fingerprint density at radius 2 is 2.33 bits per heavy atom. The van der Waals surface area contributed by atoms with Crippen molar-refractivity contribution in [1.82, 2.24) is 14.6 Å². The first-order valence-corrected chi connectivity index (χ1v) is 4.98. The van der Waals surface area contributed by atoms with Gasteiger partial charge in [-0.1, -0.05) is 0 Å². The summed E-state index contributed by atoms with van der Waals surface area (Å²) >= 11 is 0. The minimum absolute atomic E-state index is 0.389. The van der Waals surface area contributed by atoms with Crippen LogP contribution >= 0.6 is 0 Å². The van der Waals surface area contributed by atoms with Gasteiger partial charge in [-0.15, -0.1) is 5.10 Å². The van der Waals surface area contributed by atoms with Crippen LogP contribution in [0.25, 0.3) is 5.65 Å². The summed E-state index contributed by atoms with van der Waals surface area (Å²) in [7, 11) is 0. The van der Waals surface area contributed by atoms with Crippen molar-refractivity contribution >= 4 is 5.65 Å². The highest BCUT2D eigenvalue weighted by Crippen LogP contribution is 2.45. The molecule has 0 bridgehead atoms. The normalized spacial score (nSPS) is 17.6. The number of aromatic nitrogens is 3. The summed E-state index contributed by atoms with van der Waals surface area (Å²) in [4.78, 5) is 4.41. The smallest absolute Gasteiger partial charge is 0.171 e. The Hall–Kier alpha value is -1.89. The molecule has 4 heteroatoms. The van der Waals surface area contributed by atoms with E-state index in [9.17, 15) is 0 Å². The molecule has 0 atom stereocenters. The van der Waals surface area contributed by atoms with Crippen molar-refractivity contribution in [2.75, 3.05) is 0 Å². The molecular weight excluding hydrogens is 188 g/mol. The molecule has 2 aromatic heterocycles. The van der Waals surface area contributed by atoms with Gasteiger partial charge in [-0.05, 0) is 37.5 Å². The Balaban J connectivity index is 2.19. The quantitative estimate of drug-likeness (QED) is 0.699. The van der Waals surface area contributed by atoms with Gasteiger partial charge >= 0.3 is 0 Å². The van der Waals surface area contributed by atoms with Crippen molar-refractivity contribution in [3.05, 3.63) is 29.7 Å². The van der Waals surface area contributed by atoms with Crippen molar-refractivity contribution in [1.29, 1.82) is 5.26 Å². The fourth-order valence-electron chi connectivity index (χ4n) is 1.70. The molecule has 4 nitrogen and oxygen atoms in total. The summed E-state index contributed by atoms with van der Waals surface area (Å²) in [6.45, 7) is 2.02. The second kappa shape index (κ2) is 2.57. The van der Waals surface area contributed by atoms with E-state index < -0.39 is 0 Å². The fourth-order valence-corrected chi connectivity index (χ4v) is 1.70. The standard InChI is InChI=1S/C11H10N4/c1-8-2-5-15-9(6-8)13-10(14-15)11(7-12)3-4-11/h2,5-6H,3-4H2,1H3. The number of pyridine rings is 1. The van der Waals surface area contributed by atoms with E-state index in [0.717, 1.165) is 24.1 Å². The molecule has 0 aliphatic heterocycles. The molecule has 2 aromatic rings. The molecule has 0 amide bonds. The highest BCUT2D eigenvalue weighted by atomic mass is 15.3. The van der Waals surface area contributed by atoms with Crippen molar-refractivity contribution < 1.29 is 0 Å². The maximum absolute atomic E-state index is 9.05. The maximum Gasteiger partial charge on any atom is 0.171 e. The lowest BCUT2D eigenvalue weighted by atomic mass is 10.1. The molecule has 1 saturated carbocycles. The first-order chi connectivity index (χ1) is 7.23. The number of nitriles is 1. The van der Waals surface area contributed by atoms with Crippen LogP contribution in [0.5, 0.6) is 0 Å². The number of fused-ring (bicyclic) bond motifs is 1. The Morgan fingerprint density at radius 3 is 3.00 bits per heavy atom. The molecule has 15 heavy (non-hydrogen) atoms. The molecule has 1 fully saturated rings. The van der Waals surface area contributed by atoms with Crippen LogP contribution in [-0.2, 0) is 5.41 Å². The average Bonchev–Trinajstić information content (AvgIpc) is 2.93. The number of aryl methyl sites for hydroxylation is 1. The van der Waals surface area contributed by atoms with Crippen LogP contribution in [0.1, 0.15) is 24.2 Å². The first kappa shape index (κ1) is 8.42. The monoisotopic (exact) mass is 198 g/mol. The SMILES string of the molecule is Cc1ccn2nc(C3(C#N)CC3)nc2c1. The number of hydrogen-bond acceptors (Lipinski definition) is 3. The molecule has 74 valence electrons. The Labute approximate surface area is 87.2 Å². The number of hydrogen-bond donors (Lipinski definition) is 0. The van der Waals surface area contributed by atoms with Crippen molar-refractivity contribution in [2.45, 2.75) is 25.2 Å². The van der Waals surface area contributed by atoms with Gasteiger partial charge in [0.1, 0.15) is 5.41 Å². The summed E-state index contributed by atoms with van der Waals surface area (Å²) in [5.41, 5.74) is 1.59. The molecule has 0 saturated heterocycles. The third-order valence-corrected chi connectivity index (χ3v) is 2.89. The average molecular weight is 198 g/mol. The van der Waals surface area contributed by atoms with Crippen LogP contribution in [0, 0.1) is 18.3 Å². The molecule has 1 aliphatic carbocycles. The molecule has 1 aliphatic rings. The molecule has 2 heterocycles. The van der Waals surface area contributed by atoms with Gasteiger partial charge < -0.3 is 0 Å². The summed E-state index contributed by atoms with van der Waals surface area (Å²) in [6.07, 6.45) is 3.66. The number of rotatable bonds is 1. The van der Waals surface area contributed by atoms with Gasteiger partial charge in [-0.25, -0.2) is 9.50 Å². The van der Waals surface area contributed by atoms with Gasteiger partial charge in [0, 0.05) is 6.20 Å². The Kier molecular flexibility index (Phi) is 1.44. The zero-order chi connectivity index (χ0) is 10.5. The third-order valence-electron chi connectivity index (χ3n) is 2.89. The van der Waals surface area contributed by atoms with Crippen LogP contribution < -0.4 is 0 Å². The minimum Gasteiger partial charge on any atom is -0.221 e. The van der Waals surface area contributed by atoms with E-state index in [1.54, 1.807) is 4.52 Å². The van der Waals surface area contributed by atoms with Gasteiger partial charge in [-0.2, -0.15) is 5.26 Å². The molecule has 0 aromatic carbocycles. The van der Waals surface area contributed by atoms with E-state index in [1.165, 1.54) is 0 Å². The van der Waals surface area contributed by atoms with Crippen LogP contribution in [-0.4, -0.2) is 14.6 Å². The molecule has 0 spiro atoms. The first-order valence-electron chi connectivity index (χ1n) is 4.98. The second-order valence-corrected chi connectivity index (χ2v) is 4.14. The second-order valence-electron chi connectivity index (χ2n) is 4.14. The summed E-state index contributed by atoms with van der Waals surface area (Å²) in [6, 6.07) is 6.27. The van der Waals surface area contributed by atoms with E-state index >= 15 is 0 Å². The van der Waals surface area contributed by atoms with E-state index in [4.69, 9.17) is 5.26 Å². The number of nitrogens with zero attached hydrogens (tertiary/aromatic N) is 4. The van der Waals surface area contributed by atoms with Crippen LogP contribution in [0.15, 0.2) is 18.3 Å². The van der Waals surface area contributed by atoms with Crippen LogP contribution in [0.4, 0.5) is 0 Å². The molecule has 0 N–H and O–H groups in total. The fraction of sp³-hybridized carbons (Fsp3) is 0.364. The maximum atomic E-state index is 9.05. The van der Waals surface area contributed by atoms with Crippen molar-refractivity contribution in [3.63, 3.8) is 0 Å². The zero-order valence-corrected chi connectivity index (χ0v) is 8.44. The topological polar surface area (TPSA) is 54.0 Å². The largest absolute Gasteiger partial charge is 0.221 e. The van der Waals surface area contributed by atoms with E-state index in [0.29, 0.717) is 5.82 Å². The summed E-state index contributed by atoms with van der Waals surface area (Å²) in [5, 5.41) is 13.4. The van der Waals surface area contributed by atoms with Gasteiger partial charge in [-0.3, -0.25) is 0 Å². The van der Waals surface area contributed by atoms with E-state index in [2.05, 4.69) is 16.2 Å². The molecule has 0 radical (unpaired) electrons. The lowest BCUT2D eigenvalue weighted by Gasteiger charge is -1.94. The Bertz CT molecular complexity index is 572. The zero-order valence-electron chi connectivity index (χ0n) is 8.44. The highest BCUT2D eigenvalue weighted by Gasteiger charge is 2.48. The van der Waals surface area contributed by atoms with Crippen molar-refractivity contribution in [3.8, 4) is 6.07 Å². The summed E-state index contributed by atoms with van der Waals surface area (Å²) < 4.78 is 1.74. The highest BCUT2D eigenvalue weighted by molar-refractivity contribution is 5.43. The van der Waals surface area contributed by atoms with E-state index in [1.807, 2.05) is 25.3 Å². The lowest BCUT2D eigenvalue weighted by molar-refractivity contribution is 0.784. The van der Waals surface area contributed by atoms with E-state index in [-0.39, 0.29) is 5.41 Å². The molecular formula is C11H10N4. The Morgan fingerprint density at radius 1 is 1.53 bits per heavy atom. The van der Waals surface area contributed by atoms with Gasteiger partial charge in [0.05, 0.1) is 6.07 Å². The minimum atomic E-state index is -0.389. The van der Waals surface area contributed by atoms with Crippen molar-refractivity contribution in [2.24, 2.45) is 0 Å².